The van der Waals surface area contributed by atoms with E-state index >= 15 is 0 Å². The lowest BCUT2D eigenvalue weighted by atomic mass is 10.0. The van der Waals surface area contributed by atoms with Crippen molar-refractivity contribution in [2.45, 2.75) is 39.9 Å². The molecule has 0 amide bonds. The van der Waals surface area contributed by atoms with E-state index in [1.54, 1.807) is 7.11 Å². The zero-order valence-electron chi connectivity index (χ0n) is 16.0. The number of fused-ring (bicyclic) bond motifs is 2. The van der Waals surface area contributed by atoms with Gasteiger partial charge in [-0.1, -0.05) is 19.1 Å². The Balaban J connectivity index is 2.18. The van der Waals surface area contributed by atoms with Gasteiger partial charge in [0.05, 0.1) is 19.1 Å². The predicted octanol–water partition coefficient (Wildman–Crippen LogP) is 4.67. The highest BCUT2D eigenvalue weighted by molar-refractivity contribution is 5.97. The van der Waals surface area contributed by atoms with Gasteiger partial charge in [0.25, 0.3) is 0 Å². The Morgan fingerprint density at radius 1 is 1.12 bits per heavy atom. The lowest BCUT2D eigenvalue weighted by Gasteiger charge is -2.20. The molecule has 0 aliphatic heterocycles. The summed E-state index contributed by atoms with van der Waals surface area (Å²) in [4.78, 5) is 4.68. The fraction of sp³-hybridized carbons (Fsp3) is 0.476. The van der Waals surface area contributed by atoms with Crippen molar-refractivity contribution in [3.05, 3.63) is 35.0 Å². The maximum Gasteiger partial charge on any atom is 0.225 e. The molecule has 1 aliphatic carbocycles. The van der Waals surface area contributed by atoms with E-state index in [9.17, 15) is 0 Å². The van der Waals surface area contributed by atoms with Crippen molar-refractivity contribution < 1.29 is 18.9 Å². The van der Waals surface area contributed by atoms with Gasteiger partial charge >= 0.3 is 0 Å². The third kappa shape index (κ3) is 3.55. The van der Waals surface area contributed by atoms with Crippen LogP contribution < -0.4 is 9.47 Å². The van der Waals surface area contributed by atoms with E-state index in [0.717, 1.165) is 29.4 Å². The largest absolute Gasteiger partial charge is 0.492 e. The minimum absolute atomic E-state index is 0.507. The van der Waals surface area contributed by atoms with Crippen molar-refractivity contribution >= 4 is 16.8 Å². The van der Waals surface area contributed by atoms with Crippen LogP contribution in [-0.2, 0) is 15.9 Å². The number of aromatic nitrogens is 1. The standard InChI is InChI=1S/C21H27NO4/c1-5-11-26-19-16-10-8-9-14(16)12-15-13-17(21(24-6-2)25-7-3)22-20(23-4)18(15)19/h8-9,12-13,21H,5-7,10-11H2,1-4H3. The maximum absolute atomic E-state index is 6.13. The molecule has 26 heavy (non-hydrogen) atoms. The Bertz CT molecular complexity index is 794. The van der Waals surface area contributed by atoms with Gasteiger partial charge in [-0.25, -0.2) is 4.98 Å². The fourth-order valence-corrected chi connectivity index (χ4v) is 3.26. The number of hydrogen-bond donors (Lipinski definition) is 0. The van der Waals surface area contributed by atoms with Crippen molar-refractivity contribution in [2.24, 2.45) is 0 Å². The molecule has 0 atom stereocenters. The van der Waals surface area contributed by atoms with E-state index in [-0.39, 0.29) is 0 Å². The smallest absolute Gasteiger partial charge is 0.225 e. The average molecular weight is 357 g/mol. The monoisotopic (exact) mass is 357 g/mol. The fourth-order valence-electron chi connectivity index (χ4n) is 3.26. The zero-order valence-corrected chi connectivity index (χ0v) is 16.0. The topological polar surface area (TPSA) is 49.8 Å². The third-order valence-electron chi connectivity index (χ3n) is 4.34. The van der Waals surface area contributed by atoms with Crippen LogP contribution in [0.3, 0.4) is 0 Å². The molecule has 0 bridgehead atoms. The first kappa shape index (κ1) is 18.7. The van der Waals surface area contributed by atoms with Gasteiger partial charge in [-0.2, -0.15) is 0 Å². The first-order valence-electron chi connectivity index (χ1n) is 9.30. The summed E-state index contributed by atoms with van der Waals surface area (Å²) < 4.78 is 23.2. The summed E-state index contributed by atoms with van der Waals surface area (Å²) in [5, 5.41) is 1.94. The van der Waals surface area contributed by atoms with Gasteiger partial charge in [-0.3, -0.25) is 0 Å². The van der Waals surface area contributed by atoms with E-state index in [1.807, 2.05) is 19.9 Å². The van der Waals surface area contributed by atoms with E-state index in [2.05, 4.69) is 30.1 Å². The van der Waals surface area contributed by atoms with Crippen molar-refractivity contribution in [1.29, 1.82) is 0 Å². The SMILES string of the molecule is CCCOc1c2c(cc3cc(C(OCC)OCC)nc(OC)c13)C=CC2. The molecule has 140 valence electrons. The lowest BCUT2D eigenvalue weighted by molar-refractivity contribution is -0.142. The van der Waals surface area contributed by atoms with Gasteiger partial charge in [-0.05, 0) is 49.8 Å². The number of pyridine rings is 1. The summed E-state index contributed by atoms with van der Waals surface area (Å²) in [6.07, 6.45) is 5.61. The maximum atomic E-state index is 6.13. The molecule has 1 aromatic carbocycles. The summed E-state index contributed by atoms with van der Waals surface area (Å²) in [6, 6.07) is 4.18. The van der Waals surface area contributed by atoms with Crippen molar-refractivity contribution in [2.75, 3.05) is 26.9 Å². The van der Waals surface area contributed by atoms with Crippen LogP contribution in [0.2, 0.25) is 0 Å². The van der Waals surface area contributed by atoms with Gasteiger partial charge in [-0.15, -0.1) is 0 Å². The van der Waals surface area contributed by atoms with E-state index in [0.29, 0.717) is 31.4 Å². The second kappa shape index (κ2) is 8.52. The number of benzene rings is 1. The van der Waals surface area contributed by atoms with Gasteiger partial charge in [0, 0.05) is 18.8 Å². The summed E-state index contributed by atoms with van der Waals surface area (Å²) in [5.41, 5.74) is 3.10. The second-order valence-electron chi connectivity index (χ2n) is 6.13. The summed E-state index contributed by atoms with van der Waals surface area (Å²) >= 11 is 0. The Kier molecular flexibility index (Phi) is 6.12. The number of methoxy groups -OCH3 is 1. The summed E-state index contributed by atoms with van der Waals surface area (Å²) in [7, 11) is 1.64. The molecule has 0 radical (unpaired) electrons. The van der Waals surface area contributed by atoms with Crippen LogP contribution in [-0.4, -0.2) is 31.9 Å². The van der Waals surface area contributed by atoms with Gasteiger partial charge in [0.2, 0.25) is 12.2 Å². The Morgan fingerprint density at radius 3 is 2.54 bits per heavy atom. The molecular weight excluding hydrogens is 330 g/mol. The van der Waals surface area contributed by atoms with Crippen molar-refractivity contribution in [3.8, 4) is 11.6 Å². The van der Waals surface area contributed by atoms with Crippen LogP contribution in [0.1, 0.15) is 50.3 Å². The van der Waals surface area contributed by atoms with Crippen LogP contribution in [0, 0.1) is 0 Å². The molecular formula is C21H27NO4. The molecule has 1 heterocycles. The molecule has 0 spiro atoms. The average Bonchev–Trinajstić information content (AvgIpc) is 3.12. The molecule has 0 fully saturated rings. The van der Waals surface area contributed by atoms with Crippen LogP contribution in [0.4, 0.5) is 0 Å². The highest BCUT2D eigenvalue weighted by Crippen LogP contribution is 2.42. The molecule has 0 saturated carbocycles. The quantitative estimate of drug-likeness (QED) is 0.610. The molecule has 2 aromatic rings. The Hall–Kier alpha value is -2.11. The van der Waals surface area contributed by atoms with Gasteiger partial charge < -0.3 is 18.9 Å². The normalized spacial score (nSPS) is 12.8. The van der Waals surface area contributed by atoms with Crippen LogP contribution in [0.5, 0.6) is 11.6 Å². The molecule has 1 aromatic heterocycles. The number of allylic oxidation sites excluding steroid dienone is 1. The van der Waals surface area contributed by atoms with Gasteiger partial charge in [0.1, 0.15) is 11.4 Å². The minimum Gasteiger partial charge on any atom is -0.492 e. The molecule has 0 unspecified atom stereocenters. The predicted molar refractivity (Wildman–Crippen MR) is 103 cm³/mol. The Labute approximate surface area is 154 Å². The van der Waals surface area contributed by atoms with Crippen LogP contribution in [0.25, 0.3) is 16.8 Å². The highest BCUT2D eigenvalue weighted by atomic mass is 16.7. The minimum atomic E-state index is -0.507. The number of nitrogens with zero attached hydrogens (tertiary/aromatic N) is 1. The molecule has 1 aliphatic rings. The summed E-state index contributed by atoms with van der Waals surface area (Å²) in [6.45, 7) is 7.75. The molecule has 5 nitrogen and oxygen atoms in total. The molecule has 0 saturated heterocycles. The lowest BCUT2D eigenvalue weighted by Crippen LogP contribution is -2.11. The first-order chi connectivity index (χ1) is 12.7. The Morgan fingerprint density at radius 2 is 1.88 bits per heavy atom. The molecule has 3 rings (SSSR count). The van der Waals surface area contributed by atoms with Crippen molar-refractivity contribution in [1.82, 2.24) is 4.98 Å². The van der Waals surface area contributed by atoms with E-state index in [1.165, 1.54) is 11.1 Å². The third-order valence-corrected chi connectivity index (χ3v) is 4.34. The summed E-state index contributed by atoms with van der Waals surface area (Å²) in [5.74, 6) is 1.42. The van der Waals surface area contributed by atoms with Crippen LogP contribution in [0.15, 0.2) is 18.2 Å². The van der Waals surface area contributed by atoms with Crippen LogP contribution >= 0.6 is 0 Å². The number of ether oxygens (including phenoxy) is 4. The molecule has 5 heteroatoms. The second-order valence-corrected chi connectivity index (χ2v) is 6.13. The molecule has 0 N–H and O–H groups in total. The zero-order chi connectivity index (χ0) is 18.5. The van der Waals surface area contributed by atoms with Gasteiger partial charge in [0.15, 0.2) is 0 Å². The highest BCUT2D eigenvalue weighted by Gasteiger charge is 2.23. The number of hydrogen-bond acceptors (Lipinski definition) is 5. The van der Waals surface area contributed by atoms with E-state index in [4.69, 9.17) is 18.9 Å². The first-order valence-corrected chi connectivity index (χ1v) is 9.30. The number of rotatable bonds is 9. The van der Waals surface area contributed by atoms with Crippen molar-refractivity contribution in [3.63, 3.8) is 0 Å². The van der Waals surface area contributed by atoms with E-state index < -0.39 is 6.29 Å².